The number of carbonyl (C=O) groups excluding carboxylic acids is 1. The number of nitrogens with one attached hydrogen (secondary N) is 1. The largest absolute Gasteiger partial charge is 0.487 e. The van der Waals surface area contributed by atoms with Crippen LogP contribution in [0.15, 0.2) is 24.3 Å². The van der Waals surface area contributed by atoms with Gasteiger partial charge in [0.05, 0.1) is 31.1 Å². The number of nitrogens with zero attached hydrogens (tertiary/aromatic N) is 2. The molecule has 2 aromatic rings. The Labute approximate surface area is 155 Å². The molecule has 3 heterocycles. The lowest BCUT2D eigenvalue weighted by Gasteiger charge is -2.27. The first-order valence-electron chi connectivity index (χ1n) is 8.79. The van der Waals surface area contributed by atoms with Crippen LogP contribution in [0.5, 0.6) is 17.2 Å². The number of H-pyrrole nitrogens is 1. The van der Waals surface area contributed by atoms with Gasteiger partial charge in [0, 0.05) is 12.6 Å². The van der Waals surface area contributed by atoms with Crippen LogP contribution in [0, 0.1) is 0 Å². The zero-order valence-corrected chi connectivity index (χ0v) is 14.9. The summed E-state index contributed by atoms with van der Waals surface area (Å²) in [6, 6.07) is 6.63. The summed E-state index contributed by atoms with van der Waals surface area (Å²) < 4.78 is 21.6. The molecule has 0 saturated carbocycles. The third-order valence-corrected chi connectivity index (χ3v) is 4.61. The molecule has 1 fully saturated rings. The van der Waals surface area contributed by atoms with Crippen LogP contribution in [0.2, 0.25) is 0 Å². The van der Waals surface area contributed by atoms with Gasteiger partial charge in [0.15, 0.2) is 17.2 Å². The van der Waals surface area contributed by atoms with Crippen LogP contribution < -0.4 is 14.2 Å². The van der Waals surface area contributed by atoms with Gasteiger partial charge in [-0.1, -0.05) is 0 Å². The van der Waals surface area contributed by atoms with E-state index in [9.17, 15) is 9.90 Å². The molecule has 9 heteroatoms. The number of aliphatic hydroxyl groups excluding tert-OH is 1. The van der Waals surface area contributed by atoms with Crippen LogP contribution in [0.3, 0.4) is 0 Å². The zero-order valence-electron chi connectivity index (χ0n) is 14.9. The first-order valence-corrected chi connectivity index (χ1v) is 8.79. The van der Waals surface area contributed by atoms with Gasteiger partial charge >= 0.3 is 0 Å². The van der Waals surface area contributed by atoms with Gasteiger partial charge in [0.25, 0.3) is 5.91 Å². The minimum Gasteiger partial charge on any atom is -0.487 e. The van der Waals surface area contributed by atoms with Gasteiger partial charge < -0.3 is 29.0 Å². The molecule has 2 N–H and O–H groups in total. The molecule has 9 nitrogen and oxygen atoms in total. The molecule has 2 atom stereocenters. The molecule has 0 spiro atoms. The summed E-state index contributed by atoms with van der Waals surface area (Å²) in [6.07, 6.45) is -0.679. The van der Waals surface area contributed by atoms with Crippen LogP contribution in [0.1, 0.15) is 23.1 Å². The Bertz CT molecular complexity index is 823. The smallest absolute Gasteiger partial charge is 0.274 e. The van der Waals surface area contributed by atoms with Crippen molar-refractivity contribution in [1.82, 2.24) is 15.1 Å². The summed E-state index contributed by atoms with van der Waals surface area (Å²) in [4.78, 5) is 14.3. The molecule has 1 amide bonds. The highest BCUT2D eigenvalue weighted by atomic mass is 16.7. The van der Waals surface area contributed by atoms with Crippen molar-refractivity contribution in [2.75, 3.05) is 26.6 Å². The fraction of sp³-hybridized carbons (Fsp3) is 0.444. The topological polar surface area (TPSA) is 106 Å². The zero-order chi connectivity index (χ0) is 18.8. The van der Waals surface area contributed by atoms with Gasteiger partial charge in [-0.05, 0) is 25.1 Å². The predicted molar refractivity (Wildman–Crippen MR) is 92.8 cm³/mol. The highest BCUT2D eigenvalue weighted by molar-refractivity contribution is 5.92. The number of amides is 1. The third kappa shape index (κ3) is 3.56. The predicted octanol–water partition coefficient (Wildman–Crippen LogP) is 0.939. The molecule has 2 aliphatic heterocycles. The molecular formula is C18H21N3O6. The van der Waals surface area contributed by atoms with Crippen molar-refractivity contribution < 1.29 is 28.8 Å². The minimum atomic E-state index is -0.679. The second-order valence-corrected chi connectivity index (χ2v) is 6.35. The fourth-order valence-electron chi connectivity index (χ4n) is 3.18. The van der Waals surface area contributed by atoms with Gasteiger partial charge in [-0.3, -0.25) is 9.89 Å². The summed E-state index contributed by atoms with van der Waals surface area (Å²) in [5.74, 6) is 1.71. The molecule has 0 bridgehead atoms. The monoisotopic (exact) mass is 375 g/mol. The second-order valence-electron chi connectivity index (χ2n) is 6.35. The maximum atomic E-state index is 12.7. The van der Waals surface area contributed by atoms with E-state index in [1.165, 1.54) is 0 Å². The van der Waals surface area contributed by atoms with E-state index in [-0.39, 0.29) is 37.6 Å². The molecule has 0 radical (unpaired) electrons. The Morgan fingerprint density at radius 1 is 1.33 bits per heavy atom. The number of aromatic nitrogens is 2. The van der Waals surface area contributed by atoms with Crippen molar-refractivity contribution in [1.29, 1.82) is 0 Å². The number of benzene rings is 1. The number of aromatic amines is 1. The molecule has 1 aromatic carbocycles. The number of hydrogen-bond acceptors (Lipinski definition) is 7. The number of hydrogen-bond donors (Lipinski definition) is 2. The van der Waals surface area contributed by atoms with Crippen molar-refractivity contribution in [2.45, 2.75) is 25.7 Å². The van der Waals surface area contributed by atoms with Crippen LogP contribution in [0.25, 0.3) is 0 Å². The number of likely N-dealkylation sites (N-methyl/N-ethyl adjacent to an activating group) is 1. The molecule has 144 valence electrons. The van der Waals surface area contributed by atoms with Crippen molar-refractivity contribution in [3.05, 3.63) is 35.7 Å². The number of fused-ring (bicyclic) bond motifs is 1. The quantitative estimate of drug-likeness (QED) is 0.774. The summed E-state index contributed by atoms with van der Waals surface area (Å²) in [7, 11) is 0. The van der Waals surface area contributed by atoms with E-state index in [0.717, 1.165) is 0 Å². The summed E-state index contributed by atoms with van der Waals surface area (Å²) >= 11 is 0. The first kappa shape index (κ1) is 17.6. The standard InChI is InChI=1S/C18H21N3O6/c1-2-21(14-8-24-9-15(14)22)18(23)13-5-11(19-20-13)7-25-12-3-4-16-17(6-12)27-10-26-16/h3-6,14-15,22H,2,7-10H2,1H3,(H,19,20)/t14-,15-/m0/s1. The lowest BCUT2D eigenvalue weighted by molar-refractivity contribution is 0.0515. The molecule has 27 heavy (non-hydrogen) atoms. The van der Waals surface area contributed by atoms with E-state index in [0.29, 0.717) is 36.1 Å². The average molecular weight is 375 g/mol. The molecule has 4 rings (SSSR count). The Kier molecular flexibility index (Phi) is 4.87. The van der Waals surface area contributed by atoms with Crippen LogP contribution in [-0.2, 0) is 11.3 Å². The van der Waals surface area contributed by atoms with Crippen LogP contribution in [-0.4, -0.2) is 64.8 Å². The number of carbonyl (C=O) groups is 1. The van der Waals surface area contributed by atoms with Crippen molar-refractivity contribution in [3.63, 3.8) is 0 Å². The van der Waals surface area contributed by atoms with Crippen molar-refractivity contribution >= 4 is 5.91 Å². The van der Waals surface area contributed by atoms with Crippen molar-refractivity contribution in [2.24, 2.45) is 0 Å². The lowest BCUT2D eigenvalue weighted by Crippen LogP contribution is -2.46. The molecule has 0 aliphatic carbocycles. The Morgan fingerprint density at radius 3 is 2.96 bits per heavy atom. The lowest BCUT2D eigenvalue weighted by atomic mass is 10.1. The van der Waals surface area contributed by atoms with Gasteiger partial charge in [-0.25, -0.2) is 0 Å². The van der Waals surface area contributed by atoms with E-state index < -0.39 is 6.10 Å². The van der Waals surface area contributed by atoms with E-state index in [1.807, 2.05) is 6.92 Å². The average Bonchev–Trinajstić information content (AvgIpc) is 3.41. The number of ether oxygens (including phenoxy) is 4. The summed E-state index contributed by atoms with van der Waals surface area (Å²) in [5.41, 5.74) is 0.940. The molecule has 1 aromatic heterocycles. The van der Waals surface area contributed by atoms with E-state index in [2.05, 4.69) is 10.2 Å². The van der Waals surface area contributed by atoms with Crippen LogP contribution in [0.4, 0.5) is 0 Å². The van der Waals surface area contributed by atoms with Crippen LogP contribution >= 0.6 is 0 Å². The van der Waals surface area contributed by atoms with Gasteiger partial charge in [-0.15, -0.1) is 0 Å². The maximum Gasteiger partial charge on any atom is 0.274 e. The van der Waals surface area contributed by atoms with Gasteiger partial charge in [-0.2, -0.15) is 5.10 Å². The normalized spacial score (nSPS) is 20.7. The highest BCUT2D eigenvalue weighted by Gasteiger charge is 2.34. The molecule has 2 aliphatic rings. The molecule has 1 saturated heterocycles. The SMILES string of the molecule is CCN(C(=O)c1cc(COc2ccc3c(c2)OCO3)[nH]n1)[C@H]1COC[C@@H]1O. The third-order valence-electron chi connectivity index (χ3n) is 4.61. The summed E-state index contributed by atoms with van der Waals surface area (Å²) in [5, 5.41) is 16.9. The Balaban J connectivity index is 1.39. The molecular weight excluding hydrogens is 354 g/mol. The van der Waals surface area contributed by atoms with Crippen molar-refractivity contribution in [3.8, 4) is 17.2 Å². The number of aliphatic hydroxyl groups is 1. The number of rotatable bonds is 6. The second kappa shape index (κ2) is 7.45. The highest BCUT2D eigenvalue weighted by Crippen LogP contribution is 2.35. The first-order chi connectivity index (χ1) is 13.2. The summed E-state index contributed by atoms with van der Waals surface area (Å²) in [6.45, 7) is 3.31. The van der Waals surface area contributed by atoms with E-state index in [1.54, 1.807) is 29.2 Å². The van der Waals surface area contributed by atoms with E-state index >= 15 is 0 Å². The van der Waals surface area contributed by atoms with Gasteiger partial charge in [0.2, 0.25) is 6.79 Å². The fourth-order valence-corrected chi connectivity index (χ4v) is 3.18. The minimum absolute atomic E-state index is 0.208. The molecule has 0 unspecified atom stereocenters. The Morgan fingerprint density at radius 2 is 2.19 bits per heavy atom. The Hall–Kier alpha value is -2.78. The van der Waals surface area contributed by atoms with Gasteiger partial charge in [0.1, 0.15) is 12.4 Å². The van der Waals surface area contributed by atoms with E-state index in [4.69, 9.17) is 18.9 Å². The maximum absolute atomic E-state index is 12.7.